The van der Waals surface area contributed by atoms with Gasteiger partial charge in [0, 0.05) is 43.7 Å². The Balaban J connectivity index is 0.822. The molecule has 0 aliphatic carbocycles. The summed E-state index contributed by atoms with van der Waals surface area (Å²) in [6, 6.07) is 83.4. The fourth-order valence-electron chi connectivity index (χ4n) is 9.95. The second-order valence-electron chi connectivity index (χ2n) is 16.5. The van der Waals surface area contributed by atoms with E-state index in [1.54, 1.807) is 0 Å². The summed E-state index contributed by atoms with van der Waals surface area (Å²) < 4.78 is 11.0. The Labute approximate surface area is 363 Å². The molecule has 0 aliphatic rings. The SMILES string of the molecule is c1ccc(-n2c3ccccc3c3ccc(-c4cccc5c4c4ccccc4n5-c4ccc(-c5ccc(-c6ccc(-c7ccc8c(c7)oc7ccccc78)cc6)cc5)cc4)cc32)cc1. The number of fused-ring (bicyclic) bond motifs is 9. The number of benzene rings is 10. The van der Waals surface area contributed by atoms with Gasteiger partial charge in [-0.15, -0.1) is 0 Å². The molecule has 13 rings (SSSR count). The summed E-state index contributed by atoms with van der Waals surface area (Å²) in [5.41, 5.74) is 18.4. The van der Waals surface area contributed by atoms with Crippen LogP contribution in [0.25, 0.3) is 121 Å². The highest BCUT2D eigenvalue weighted by Gasteiger charge is 2.19. The first-order valence-corrected chi connectivity index (χ1v) is 21.6. The van der Waals surface area contributed by atoms with Crippen LogP contribution in [0.2, 0.25) is 0 Å². The summed E-state index contributed by atoms with van der Waals surface area (Å²) in [6.07, 6.45) is 0. The molecule has 0 saturated carbocycles. The summed E-state index contributed by atoms with van der Waals surface area (Å²) in [7, 11) is 0. The van der Waals surface area contributed by atoms with Crippen molar-refractivity contribution in [3.05, 3.63) is 231 Å². The number of furan rings is 1. The molecule has 0 radical (unpaired) electrons. The van der Waals surface area contributed by atoms with Gasteiger partial charge in [0.1, 0.15) is 11.2 Å². The largest absolute Gasteiger partial charge is 0.456 e. The van der Waals surface area contributed by atoms with E-state index in [1.807, 2.05) is 12.1 Å². The molecule has 0 amide bonds. The van der Waals surface area contributed by atoms with Gasteiger partial charge in [0.25, 0.3) is 0 Å². The molecule has 0 aliphatic heterocycles. The zero-order chi connectivity index (χ0) is 41.4. The highest BCUT2D eigenvalue weighted by atomic mass is 16.3. The Hall–Kier alpha value is -8.40. The second kappa shape index (κ2) is 14.1. The molecular formula is C60H38N2O. The van der Waals surface area contributed by atoms with E-state index in [4.69, 9.17) is 4.42 Å². The molecule has 3 heterocycles. The van der Waals surface area contributed by atoms with Crippen LogP contribution in [0.5, 0.6) is 0 Å². The van der Waals surface area contributed by atoms with E-state index in [1.165, 1.54) is 82.6 Å². The van der Waals surface area contributed by atoms with Gasteiger partial charge in [-0.1, -0.05) is 164 Å². The first kappa shape index (κ1) is 35.4. The van der Waals surface area contributed by atoms with Gasteiger partial charge >= 0.3 is 0 Å². The minimum absolute atomic E-state index is 0.916. The van der Waals surface area contributed by atoms with Crippen LogP contribution < -0.4 is 0 Å². The molecule has 0 fully saturated rings. The summed E-state index contributed by atoms with van der Waals surface area (Å²) in [6.45, 7) is 0. The fraction of sp³-hybridized carbons (Fsp3) is 0. The summed E-state index contributed by atoms with van der Waals surface area (Å²) in [5, 5.41) is 7.32. The molecule has 0 saturated heterocycles. The van der Waals surface area contributed by atoms with Gasteiger partial charge in [-0.05, 0) is 111 Å². The first-order valence-electron chi connectivity index (χ1n) is 21.6. The standard InChI is InChI=1S/C60H38N2O/c1-2-11-46(12-3-1)62-54-17-7-4-13-49(54)50-35-32-45(37-57(50)62)48-16-10-19-56-60(48)53-15-5-8-18-55(53)61(56)47-33-29-42(30-34-47)41-23-21-39(22-24-41)40-25-27-43(28-26-40)44-31-36-52-51-14-6-9-20-58(51)63-59(52)38-44/h1-38H. The predicted octanol–water partition coefficient (Wildman–Crippen LogP) is 16.4. The molecule has 3 nitrogen and oxygen atoms in total. The minimum Gasteiger partial charge on any atom is -0.456 e. The normalized spacial score (nSPS) is 11.8. The first-order chi connectivity index (χ1) is 31.2. The maximum Gasteiger partial charge on any atom is 0.136 e. The van der Waals surface area contributed by atoms with Crippen molar-refractivity contribution in [1.29, 1.82) is 0 Å². The minimum atomic E-state index is 0.916. The Morgan fingerprint density at radius 3 is 1.43 bits per heavy atom. The van der Waals surface area contributed by atoms with Crippen LogP contribution >= 0.6 is 0 Å². The van der Waals surface area contributed by atoms with E-state index in [2.05, 4.69) is 228 Å². The molecule has 0 N–H and O–H groups in total. The molecule has 0 spiro atoms. The highest BCUT2D eigenvalue weighted by molar-refractivity contribution is 6.17. The lowest BCUT2D eigenvalue weighted by atomic mass is 9.97. The van der Waals surface area contributed by atoms with Crippen molar-refractivity contribution in [1.82, 2.24) is 9.13 Å². The average molecular weight is 803 g/mol. The van der Waals surface area contributed by atoms with E-state index < -0.39 is 0 Å². The number of aromatic nitrogens is 2. The van der Waals surface area contributed by atoms with Gasteiger partial charge in [-0.2, -0.15) is 0 Å². The van der Waals surface area contributed by atoms with E-state index in [0.29, 0.717) is 0 Å². The van der Waals surface area contributed by atoms with Crippen molar-refractivity contribution in [2.45, 2.75) is 0 Å². The second-order valence-corrected chi connectivity index (χ2v) is 16.5. The van der Waals surface area contributed by atoms with E-state index in [9.17, 15) is 0 Å². The van der Waals surface area contributed by atoms with Crippen LogP contribution in [0, 0.1) is 0 Å². The van der Waals surface area contributed by atoms with E-state index >= 15 is 0 Å². The third kappa shape index (κ3) is 5.67. The number of hydrogen-bond acceptors (Lipinski definition) is 1. The quantitative estimate of drug-likeness (QED) is 0.164. The summed E-state index contributed by atoms with van der Waals surface area (Å²) in [5.74, 6) is 0. The van der Waals surface area contributed by atoms with Crippen LogP contribution in [0.1, 0.15) is 0 Å². The van der Waals surface area contributed by atoms with Gasteiger partial charge in [-0.3, -0.25) is 0 Å². The predicted molar refractivity (Wildman–Crippen MR) is 264 cm³/mol. The zero-order valence-electron chi connectivity index (χ0n) is 34.2. The monoisotopic (exact) mass is 802 g/mol. The summed E-state index contributed by atoms with van der Waals surface area (Å²) >= 11 is 0. The van der Waals surface area contributed by atoms with Crippen LogP contribution in [-0.4, -0.2) is 9.13 Å². The highest BCUT2D eigenvalue weighted by Crippen LogP contribution is 2.41. The van der Waals surface area contributed by atoms with Crippen LogP contribution in [-0.2, 0) is 0 Å². The third-order valence-corrected chi connectivity index (χ3v) is 13.0. The molecule has 13 aromatic rings. The van der Waals surface area contributed by atoms with Crippen molar-refractivity contribution in [2.75, 3.05) is 0 Å². The molecule has 3 heteroatoms. The van der Waals surface area contributed by atoms with Gasteiger partial charge < -0.3 is 13.6 Å². The van der Waals surface area contributed by atoms with E-state index in [-0.39, 0.29) is 0 Å². The number of rotatable bonds is 6. The fourth-order valence-corrected chi connectivity index (χ4v) is 9.95. The van der Waals surface area contributed by atoms with Crippen molar-refractivity contribution in [3.63, 3.8) is 0 Å². The van der Waals surface area contributed by atoms with E-state index in [0.717, 1.165) is 38.9 Å². The van der Waals surface area contributed by atoms with Crippen molar-refractivity contribution in [2.24, 2.45) is 0 Å². The van der Waals surface area contributed by atoms with Crippen molar-refractivity contribution < 1.29 is 4.42 Å². The van der Waals surface area contributed by atoms with Crippen LogP contribution in [0.3, 0.4) is 0 Å². The lowest BCUT2D eigenvalue weighted by molar-refractivity contribution is 0.669. The number of nitrogens with zero attached hydrogens (tertiary/aromatic N) is 2. The van der Waals surface area contributed by atoms with Gasteiger partial charge in [0.05, 0.1) is 22.1 Å². The summed E-state index contributed by atoms with van der Waals surface area (Å²) in [4.78, 5) is 0. The zero-order valence-corrected chi connectivity index (χ0v) is 34.2. The van der Waals surface area contributed by atoms with Gasteiger partial charge in [0.2, 0.25) is 0 Å². The van der Waals surface area contributed by atoms with Crippen LogP contribution in [0.4, 0.5) is 0 Å². The molecule has 0 bridgehead atoms. The topological polar surface area (TPSA) is 23.0 Å². The number of para-hydroxylation sites is 4. The average Bonchev–Trinajstić information content (AvgIpc) is 4.02. The van der Waals surface area contributed by atoms with Crippen molar-refractivity contribution in [3.8, 4) is 55.9 Å². The molecule has 0 atom stereocenters. The smallest absolute Gasteiger partial charge is 0.136 e. The Bertz CT molecular complexity index is 3870. The Morgan fingerprint density at radius 2 is 0.714 bits per heavy atom. The molecule has 63 heavy (non-hydrogen) atoms. The molecule has 10 aromatic carbocycles. The maximum atomic E-state index is 6.16. The molecule has 0 unspecified atom stereocenters. The van der Waals surface area contributed by atoms with Gasteiger partial charge in [0.15, 0.2) is 0 Å². The van der Waals surface area contributed by atoms with Crippen molar-refractivity contribution >= 4 is 65.6 Å². The van der Waals surface area contributed by atoms with Gasteiger partial charge in [-0.25, -0.2) is 0 Å². The third-order valence-electron chi connectivity index (χ3n) is 13.0. The van der Waals surface area contributed by atoms with Crippen LogP contribution in [0.15, 0.2) is 235 Å². The number of hydrogen-bond donors (Lipinski definition) is 0. The Morgan fingerprint density at radius 1 is 0.254 bits per heavy atom. The maximum absolute atomic E-state index is 6.16. The molecule has 3 aromatic heterocycles. The Kier molecular flexibility index (Phi) is 7.91. The molecular weight excluding hydrogens is 765 g/mol. The molecule has 294 valence electrons. The lowest BCUT2D eigenvalue weighted by Crippen LogP contribution is -1.94. The lowest BCUT2D eigenvalue weighted by Gasteiger charge is -2.11.